The summed E-state index contributed by atoms with van der Waals surface area (Å²) in [5.74, 6) is 0. The Balaban J connectivity index is 2.66. The highest BCUT2D eigenvalue weighted by atomic mass is 32.2. The molecule has 0 unspecified atom stereocenters. The van der Waals surface area contributed by atoms with Gasteiger partial charge in [-0.25, -0.2) is 0 Å². The molecule has 1 aromatic carbocycles. The van der Waals surface area contributed by atoms with E-state index in [1.54, 1.807) is 18.2 Å². The third-order valence-electron chi connectivity index (χ3n) is 1.55. The Hall–Kier alpha value is -1.05. The lowest BCUT2D eigenvalue weighted by Crippen LogP contribution is -2.31. The maximum Gasteiger partial charge on any atom is 0.488 e. The van der Waals surface area contributed by atoms with Gasteiger partial charge >= 0.3 is 15.6 Å². The highest BCUT2D eigenvalue weighted by molar-refractivity contribution is 7.86. The number of benzene rings is 1. The van der Waals surface area contributed by atoms with Gasteiger partial charge in [-0.05, 0) is 5.56 Å². The lowest BCUT2D eigenvalue weighted by molar-refractivity contribution is -0.182. The molecule has 0 amide bonds. The van der Waals surface area contributed by atoms with Crippen LogP contribution < -0.4 is 0 Å². The van der Waals surface area contributed by atoms with Gasteiger partial charge < -0.3 is 4.74 Å². The van der Waals surface area contributed by atoms with E-state index in [2.05, 4.69) is 4.74 Å². The zero-order chi connectivity index (χ0) is 11.5. The summed E-state index contributed by atoms with van der Waals surface area (Å²) in [4.78, 5) is 0. The Kier molecular flexibility index (Phi) is 3.38. The molecule has 1 N–H and O–H groups in total. The van der Waals surface area contributed by atoms with Crippen molar-refractivity contribution in [3.8, 4) is 0 Å². The molecular formula is C8H8F2O4S. The van der Waals surface area contributed by atoms with E-state index < -0.39 is 22.2 Å². The smallest absolute Gasteiger partial charge is 0.301 e. The maximum atomic E-state index is 12.6. The highest BCUT2D eigenvalue weighted by Crippen LogP contribution is 2.23. The van der Waals surface area contributed by atoms with Crippen LogP contribution in [0.4, 0.5) is 8.78 Å². The summed E-state index contributed by atoms with van der Waals surface area (Å²) in [6, 6.07) is 7.82. The fraction of sp³-hybridized carbons (Fsp3) is 0.250. The molecule has 1 aromatic rings. The fourth-order valence-corrected chi connectivity index (χ4v) is 1.02. The molecule has 0 aliphatic heterocycles. The number of ether oxygens (including phenoxy) is 1. The van der Waals surface area contributed by atoms with E-state index in [0.717, 1.165) is 0 Å². The van der Waals surface area contributed by atoms with Gasteiger partial charge in [0.05, 0.1) is 6.61 Å². The minimum Gasteiger partial charge on any atom is -0.301 e. The first kappa shape index (κ1) is 12.0. The van der Waals surface area contributed by atoms with Crippen molar-refractivity contribution in [3.05, 3.63) is 35.9 Å². The second kappa shape index (κ2) is 4.21. The van der Waals surface area contributed by atoms with E-state index >= 15 is 0 Å². The van der Waals surface area contributed by atoms with Crippen LogP contribution in [0.15, 0.2) is 30.3 Å². The normalized spacial score (nSPS) is 12.7. The minimum atomic E-state index is -5.53. The summed E-state index contributed by atoms with van der Waals surface area (Å²) in [6.07, 6.45) is 0. The molecule has 0 aliphatic rings. The molecule has 4 nitrogen and oxygen atoms in total. The van der Waals surface area contributed by atoms with E-state index in [9.17, 15) is 17.2 Å². The zero-order valence-corrected chi connectivity index (χ0v) is 8.25. The summed E-state index contributed by atoms with van der Waals surface area (Å²) in [5, 5.41) is 0. The lowest BCUT2D eigenvalue weighted by atomic mass is 10.2. The van der Waals surface area contributed by atoms with Gasteiger partial charge in [-0.2, -0.15) is 17.2 Å². The summed E-state index contributed by atoms with van der Waals surface area (Å²) < 4.78 is 57.4. The molecule has 0 saturated carbocycles. The average Bonchev–Trinajstić information content (AvgIpc) is 2.15. The second-order valence-corrected chi connectivity index (χ2v) is 4.14. The third-order valence-corrected chi connectivity index (χ3v) is 2.27. The second-order valence-electron chi connectivity index (χ2n) is 2.71. The van der Waals surface area contributed by atoms with Crippen molar-refractivity contribution in [1.82, 2.24) is 0 Å². The van der Waals surface area contributed by atoms with Gasteiger partial charge in [-0.3, -0.25) is 4.55 Å². The van der Waals surface area contributed by atoms with Crippen LogP contribution in [0.1, 0.15) is 5.56 Å². The Morgan fingerprint density at radius 2 is 1.80 bits per heavy atom. The van der Waals surface area contributed by atoms with Crippen LogP contribution in [0.25, 0.3) is 0 Å². The first-order valence-electron chi connectivity index (χ1n) is 3.86. The van der Waals surface area contributed by atoms with Crippen LogP contribution in [0.5, 0.6) is 0 Å². The molecule has 0 bridgehead atoms. The Bertz CT molecular complexity index is 416. The molecule has 0 spiro atoms. The number of rotatable bonds is 4. The van der Waals surface area contributed by atoms with Crippen molar-refractivity contribution in [2.75, 3.05) is 0 Å². The molecule has 15 heavy (non-hydrogen) atoms. The molecule has 0 heterocycles. The number of hydrogen-bond donors (Lipinski definition) is 1. The van der Waals surface area contributed by atoms with Crippen molar-refractivity contribution in [1.29, 1.82) is 0 Å². The first-order chi connectivity index (χ1) is 6.83. The molecule has 7 heteroatoms. The summed E-state index contributed by atoms with van der Waals surface area (Å²) in [6.45, 7) is -0.604. The average molecular weight is 238 g/mol. The van der Waals surface area contributed by atoms with Gasteiger partial charge in [0.25, 0.3) is 0 Å². The van der Waals surface area contributed by atoms with Crippen molar-refractivity contribution >= 4 is 10.1 Å². The number of hydrogen-bond acceptors (Lipinski definition) is 3. The summed E-state index contributed by atoms with van der Waals surface area (Å²) >= 11 is 0. The SMILES string of the molecule is O=S(=O)(O)C(F)(F)OCc1ccccc1. The highest BCUT2D eigenvalue weighted by Gasteiger charge is 2.46. The van der Waals surface area contributed by atoms with Gasteiger partial charge in [-0.15, -0.1) is 0 Å². The lowest BCUT2D eigenvalue weighted by Gasteiger charge is -2.12. The zero-order valence-electron chi connectivity index (χ0n) is 7.43. The maximum absolute atomic E-state index is 12.6. The van der Waals surface area contributed by atoms with Crippen molar-refractivity contribution in [2.45, 2.75) is 12.0 Å². The minimum absolute atomic E-state index is 0.376. The van der Waals surface area contributed by atoms with E-state index in [1.807, 2.05) is 0 Å². The van der Waals surface area contributed by atoms with Crippen LogP contribution in [0, 0.1) is 0 Å². The molecule has 0 aliphatic carbocycles. The first-order valence-corrected chi connectivity index (χ1v) is 5.30. The van der Waals surface area contributed by atoms with Gasteiger partial charge in [0.15, 0.2) is 0 Å². The fourth-order valence-electron chi connectivity index (χ4n) is 0.816. The number of halogens is 2. The molecule has 0 aromatic heterocycles. The molecule has 0 atom stereocenters. The monoisotopic (exact) mass is 238 g/mol. The van der Waals surface area contributed by atoms with Crippen LogP contribution in [-0.2, 0) is 21.5 Å². The predicted molar refractivity (Wildman–Crippen MR) is 47.7 cm³/mol. The topological polar surface area (TPSA) is 63.6 Å². The van der Waals surface area contributed by atoms with Gasteiger partial charge in [0.1, 0.15) is 0 Å². The molecule has 0 fully saturated rings. The van der Waals surface area contributed by atoms with E-state index in [0.29, 0.717) is 5.56 Å². The Labute approximate surface area is 85.2 Å². The van der Waals surface area contributed by atoms with Crippen molar-refractivity contribution in [3.63, 3.8) is 0 Å². The molecule has 0 saturated heterocycles. The molecular weight excluding hydrogens is 230 g/mol. The largest absolute Gasteiger partial charge is 0.488 e. The van der Waals surface area contributed by atoms with Gasteiger partial charge in [0.2, 0.25) is 0 Å². The standard InChI is InChI=1S/C8H8F2O4S/c9-8(10,15(11,12)13)14-6-7-4-2-1-3-5-7/h1-5H,6H2,(H,11,12,13). The van der Waals surface area contributed by atoms with E-state index in [1.165, 1.54) is 12.1 Å². The Morgan fingerprint density at radius 3 is 2.27 bits per heavy atom. The molecule has 84 valence electrons. The van der Waals surface area contributed by atoms with Crippen molar-refractivity contribution < 1.29 is 26.5 Å². The summed E-state index contributed by atoms with van der Waals surface area (Å²) in [7, 11) is -5.53. The van der Waals surface area contributed by atoms with Crippen molar-refractivity contribution in [2.24, 2.45) is 0 Å². The third kappa shape index (κ3) is 3.22. The predicted octanol–water partition coefficient (Wildman–Crippen LogP) is 1.64. The van der Waals surface area contributed by atoms with E-state index in [4.69, 9.17) is 4.55 Å². The number of alkyl halides is 2. The van der Waals surface area contributed by atoms with Crippen LogP contribution in [-0.4, -0.2) is 18.4 Å². The summed E-state index contributed by atoms with van der Waals surface area (Å²) in [5.41, 5.74) is -4.20. The van der Waals surface area contributed by atoms with Gasteiger partial charge in [-0.1, -0.05) is 30.3 Å². The molecule has 0 radical (unpaired) electrons. The van der Waals surface area contributed by atoms with Crippen LogP contribution in [0.2, 0.25) is 0 Å². The Morgan fingerprint density at radius 1 is 1.27 bits per heavy atom. The van der Waals surface area contributed by atoms with Crippen LogP contribution >= 0.6 is 0 Å². The van der Waals surface area contributed by atoms with Crippen LogP contribution in [0.3, 0.4) is 0 Å². The van der Waals surface area contributed by atoms with Gasteiger partial charge in [0, 0.05) is 0 Å². The molecule has 1 rings (SSSR count). The quantitative estimate of drug-likeness (QED) is 0.810. The van der Waals surface area contributed by atoms with E-state index in [-0.39, 0.29) is 0 Å².